The molecular formula is C14H17NO3. The molecule has 0 N–H and O–H groups in total. The molecule has 4 nitrogen and oxygen atoms in total. The van der Waals surface area contributed by atoms with Gasteiger partial charge in [-0.05, 0) is 25.5 Å². The average Bonchev–Trinajstić information content (AvgIpc) is 2.38. The molecule has 0 unspecified atom stereocenters. The van der Waals surface area contributed by atoms with E-state index in [0.717, 1.165) is 11.3 Å². The van der Waals surface area contributed by atoms with E-state index >= 15 is 0 Å². The van der Waals surface area contributed by atoms with Crippen molar-refractivity contribution in [3.8, 4) is 5.75 Å². The van der Waals surface area contributed by atoms with Gasteiger partial charge in [-0.25, -0.2) is 0 Å². The van der Waals surface area contributed by atoms with Gasteiger partial charge < -0.3 is 9.64 Å². The number of ether oxygens (including phenoxy) is 1. The van der Waals surface area contributed by atoms with Gasteiger partial charge in [0.1, 0.15) is 5.75 Å². The Labute approximate surface area is 107 Å². The van der Waals surface area contributed by atoms with Gasteiger partial charge in [-0.15, -0.1) is 0 Å². The van der Waals surface area contributed by atoms with E-state index < -0.39 is 0 Å². The molecule has 0 atom stereocenters. The highest BCUT2D eigenvalue weighted by Crippen LogP contribution is 2.34. The SMILES string of the molecule is CCC(=O)Oc1cccc2c1CCC(=O)N2CC. The fourth-order valence-corrected chi connectivity index (χ4v) is 2.20. The van der Waals surface area contributed by atoms with Crippen molar-refractivity contribution in [2.24, 2.45) is 0 Å². The molecule has 2 rings (SSSR count). The number of hydrogen-bond donors (Lipinski definition) is 0. The summed E-state index contributed by atoms with van der Waals surface area (Å²) < 4.78 is 5.31. The minimum absolute atomic E-state index is 0.129. The summed E-state index contributed by atoms with van der Waals surface area (Å²) in [5.41, 5.74) is 1.83. The topological polar surface area (TPSA) is 46.6 Å². The van der Waals surface area contributed by atoms with Crippen molar-refractivity contribution < 1.29 is 14.3 Å². The predicted molar refractivity (Wildman–Crippen MR) is 68.7 cm³/mol. The van der Waals surface area contributed by atoms with E-state index in [-0.39, 0.29) is 11.9 Å². The summed E-state index contributed by atoms with van der Waals surface area (Å²) in [6.45, 7) is 4.34. The number of carbonyl (C=O) groups excluding carboxylic acids is 2. The number of nitrogens with zero attached hydrogens (tertiary/aromatic N) is 1. The van der Waals surface area contributed by atoms with Gasteiger partial charge in [0.2, 0.25) is 5.91 Å². The van der Waals surface area contributed by atoms with Crippen molar-refractivity contribution in [3.05, 3.63) is 23.8 Å². The van der Waals surface area contributed by atoms with E-state index in [1.54, 1.807) is 17.9 Å². The molecule has 96 valence electrons. The third kappa shape index (κ3) is 2.23. The molecule has 0 radical (unpaired) electrons. The highest BCUT2D eigenvalue weighted by atomic mass is 16.5. The summed E-state index contributed by atoms with van der Waals surface area (Å²) in [5, 5.41) is 0. The smallest absolute Gasteiger partial charge is 0.310 e. The largest absolute Gasteiger partial charge is 0.426 e. The number of benzene rings is 1. The maximum Gasteiger partial charge on any atom is 0.310 e. The number of carbonyl (C=O) groups is 2. The lowest BCUT2D eigenvalue weighted by molar-refractivity contribution is -0.134. The van der Waals surface area contributed by atoms with Crippen molar-refractivity contribution in [2.45, 2.75) is 33.1 Å². The molecule has 1 aliphatic heterocycles. The van der Waals surface area contributed by atoms with E-state index in [2.05, 4.69) is 0 Å². The van der Waals surface area contributed by atoms with Gasteiger partial charge in [0, 0.05) is 24.9 Å². The van der Waals surface area contributed by atoms with E-state index in [1.807, 2.05) is 19.1 Å². The Morgan fingerprint density at radius 3 is 2.78 bits per heavy atom. The number of amides is 1. The third-order valence-electron chi connectivity index (χ3n) is 3.12. The Bertz CT molecular complexity index is 482. The molecule has 0 saturated heterocycles. The van der Waals surface area contributed by atoms with Crippen LogP contribution in [0.4, 0.5) is 5.69 Å². The zero-order chi connectivity index (χ0) is 13.1. The average molecular weight is 247 g/mol. The lowest BCUT2D eigenvalue weighted by Gasteiger charge is -2.29. The van der Waals surface area contributed by atoms with Crippen LogP contribution >= 0.6 is 0 Å². The van der Waals surface area contributed by atoms with Crippen molar-refractivity contribution >= 4 is 17.6 Å². The number of fused-ring (bicyclic) bond motifs is 1. The normalized spacial score (nSPS) is 14.3. The second-order valence-corrected chi connectivity index (χ2v) is 4.22. The quantitative estimate of drug-likeness (QED) is 0.608. The third-order valence-corrected chi connectivity index (χ3v) is 3.12. The fourth-order valence-electron chi connectivity index (χ4n) is 2.20. The van der Waals surface area contributed by atoms with E-state index in [0.29, 0.717) is 31.6 Å². The first-order chi connectivity index (χ1) is 8.67. The van der Waals surface area contributed by atoms with Gasteiger partial charge in [-0.3, -0.25) is 9.59 Å². The molecule has 1 amide bonds. The van der Waals surface area contributed by atoms with Gasteiger partial charge in [0.15, 0.2) is 0 Å². The van der Waals surface area contributed by atoms with Gasteiger partial charge in [-0.1, -0.05) is 13.0 Å². The Kier molecular flexibility index (Phi) is 3.65. The van der Waals surface area contributed by atoms with Crippen LogP contribution in [-0.4, -0.2) is 18.4 Å². The molecule has 0 saturated carbocycles. The van der Waals surface area contributed by atoms with Crippen LogP contribution in [0, 0.1) is 0 Å². The first kappa shape index (κ1) is 12.6. The van der Waals surface area contributed by atoms with Gasteiger partial charge in [0.25, 0.3) is 0 Å². The lowest BCUT2D eigenvalue weighted by atomic mass is 10.00. The Morgan fingerprint density at radius 2 is 2.11 bits per heavy atom. The standard InChI is InChI=1S/C14H17NO3/c1-3-14(17)18-12-7-5-6-11-10(12)8-9-13(16)15(11)4-2/h5-7H,3-4,8-9H2,1-2H3. The van der Waals surface area contributed by atoms with Gasteiger partial charge >= 0.3 is 5.97 Å². The number of rotatable bonds is 3. The number of anilines is 1. The van der Waals surface area contributed by atoms with Crippen LogP contribution in [0.3, 0.4) is 0 Å². The summed E-state index contributed by atoms with van der Waals surface area (Å²) in [5.74, 6) is 0.470. The molecule has 18 heavy (non-hydrogen) atoms. The van der Waals surface area contributed by atoms with Crippen LogP contribution in [0.2, 0.25) is 0 Å². The Balaban J connectivity index is 2.38. The summed E-state index contributed by atoms with van der Waals surface area (Å²) >= 11 is 0. The summed E-state index contributed by atoms with van der Waals surface area (Å²) in [4.78, 5) is 24.9. The lowest BCUT2D eigenvalue weighted by Crippen LogP contribution is -2.35. The molecule has 1 aliphatic rings. The zero-order valence-corrected chi connectivity index (χ0v) is 10.7. The maximum atomic E-state index is 11.8. The molecular weight excluding hydrogens is 230 g/mol. The zero-order valence-electron chi connectivity index (χ0n) is 10.7. The highest BCUT2D eigenvalue weighted by Gasteiger charge is 2.25. The van der Waals surface area contributed by atoms with E-state index in [1.165, 1.54) is 0 Å². The predicted octanol–water partition coefficient (Wildman–Crippen LogP) is 2.30. The summed E-state index contributed by atoms with van der Waals surface area (Å²) in [7, 11) is 0. The number of esters is 1. The van der Waals surface area contributed by atoms with Crippen LogP contribution in [-0.2, 0) is 16.0 Å². The molecule has 0 spiro atoms. The Hall–Kier alpha value is -1.84. The summed E-state index contributed by atoms with van der Waals surface area (Å²) in [6, 6.07) is 5.51. The first-order valence-corrected chi connectivity index (χ1v) is 6.30. The van der Waals surface area contributed by atoms with Crippen LogP contribution in [0.1, 0.15) is 32.3 Å². The van der Waals surface area contributed by atoms with Crippen LogP contribution in [0.25, 0.3) is 0 Å². The molecule has 0 fully saturated rings. The first-order valence-electron chi connectivity index (χ1n) is 6.30. The maximum absolute atomic E-state index is 11.8. The minimum Gasteiger partial charge on any atom is -0.426 e. The Morgan fingerprint density at radius 1 is 1.33 bits per heavy atom. The highest BCUT2D eigenvalue weighted by molar-refractivity contribution is 5.97. The molecule has 1 heterocycles. The summed E-state index contributed by atoms with van der Waals surface area (Å²) in [6.07, 6.45) is 1.46. The van der Waals surface area contributed by atoms with Crippen LogP contribution in [0.15, 0.2) is 18.2 Å². The van der Waals surface area contributed by atoms with Gasteiger partial charge in [-0.2, -0.15) is 0 Å². The van der Waals surface area contributed by atoms with E-state index in [4.69, 9.17) is 4.74 Å². The fraction of sp³-hybridized carbons (Fsp3) is 0.429. The minimum atomic E-state index is -0.247. The monoisotopic (exact) mass is 247 g/mol. The van der Waals surface area contributed by atoms with Crippen LogP contribution < -0.4 is 9.64 Å². The second kappa shape index (κ2) is 5.21. The molecule has 0 bridgehead atoms. The van der Waals surface area contributed by atoms with Gasteiger partial charge in [0.05, 0.1) is 5.69 Å². The molecule has 0 aromatic heterocycles. The second-order valence-electron chi connectivity index (χ2n) is 4.22. The van der Waals surface area contributed by atoms with Crippen LogP contribution in [0.5, 0.6) is 5.75 Å². The molecule has 0 aliphatic carbocycles. The molecule has 1 aromatic rings. The number of hydrogen-bond acceptors (Lipinski definition) is 3. The molecule has 4 heteroatoms. The van der Waals surface area contributed by atoms with E-state index in [9.17, 15) is 9.59 Å². The van der Waals surface area contributed by atoms with Crippen molar-refractivity contribution in [3.63, 3.8) is 0 Å². The van der Waals surface area contributed by atoms with Crippen molar-refractivity contribution in [1.82, 2.24) is 0 Å². The van der Waals surface area contributed by atoms with Crippen molar-refractivity contribution in [2.75, 3.05) is 11.4 Å². The van der Waals surface area contributed by atoms with Crippen molar-refractivity contribution in [1.29, 1.82) is 0 Å². The molecule has 1 aromatic carbocycles.